The lowest BCUT2D eigenvalue weighted by Gasteiger charge is -2.14. The highest BCUT2D eigenvalue weighted by Crippen LogP contribution is 2.23. The van der Waals surface area contributed by atoms with Crippen LogP contribution in [0.5, 0.6) is 0 Å². The van der Waals surface area contributed by atoms with Crippen LogP contribution in [0.25, 0.3) is 0 Å². The van der Waals surface area contributed by atoms with Crippen LogP contribution in [-0.2, 0) is 4.79 Å². The van der Waals surface area contributed by atoms with E-state index in [2.05, 4.69) is 48.5 Å². The van der Waals surface area contributed by atoms with E-state index >= 15 is 0 Å². The van der Waals surface area contributed by atoms with Gasteiger partial charge in [0.1, 0.15) is 3.70 Å². The quantitative estimate of drug-likeness (QED) is 0.580. The molecule has 6 heteroatoms. The van der Waals surface area contributed by atoms with Crippen molar-refractivity contribution in [1.29, 1.82) is 0 Å². The molecule has 0 saturated carbocycles. The molecule has 2 rings (SSSR count). The van der Waals surface area contributed by atoms with Crippen LogP contribution in [-0.4, -0.2) is 27.7 Å². The standard InChI is InChI=1S/C9H9BrIN3O/c10-2-6-1-9(15)14(5-6)8-4-12-7(11)3-13-8/h3-4,6H,1-2,5H2. The number of aromatic nitrogens is 2. The molecule has 0 aromatic carbocycles. The molecular weight excluding hydrogens is 373 g/mol. The van der Waals surface area contributed by atoms with Gasteiger partial charge < -0.3 is 0 Å². The molecule has 2 heterocycles. The van der Waals surface area contributed by atoms with Gasteiger partial charge in [0.15, 0.2) is 5.82 Å². The zero-order valence-electron chi connectivity index (χ0n) is 7.86. The summed E-state index contributed by atoms with van der Waals surface area (Å²) in [6.07, 6.45) is 3.92. The molecule has 15 heavy (non-hydrogen) atoms. The van der Waals surface area contributed by atoms with Crippen molar-refractivity contribution in [2.24, 2.45) is 5.92 Å². The molecule has 1 aliphatic heterocycles. The topological polar surface area (TPSA) is 46.1 Å². The third-order valence-corrected chi connectivity index (χ3v) is 3.78. The van der Waals surface area contributed by atoms with Crippen LogP contribution in [0.15, 0.2) is 12.4 Å². The Labute approximate surface area is 110 Å². The molecule has 1 aromatic rings. The van der Waals surface area contributed by atoms with Crippen LogP contribution in [0, 0.1) is 9.62 Å². The predicted molar refractivity (Wildman–Crippen MR) is 69.0 cm³/mol. The fraction of sp³-hybridized carbons (Fsp3) is 0.444. The number of alkyl halides is 1. The normalized spacial score (nSPS) is 21.1. The summed E-state index contributed by atoms with van der Waals surface area (Å²) in [5.41, 5.74) is 0. The summed E-state index contributed by atoms with van der Waals surface area (Å²) in [5, 5.41) is 0.854. The Morgan fingerprint density at radius 2 is 2.33 bits per heavy atom. The summed E-state index contributed by atoms with van der Waals surface area (Å²) < 4.78 is 0.833. The van der Waals surface area contributed by atoms with E-state index in [0.717, 1.165) is 15.6 Å². The lowest BCUT2D eigenvalue weighted by atomic mass is 10.2. The minimum absolute atomic E-state index is 0.134. The smallest absolute Gasteiger partial charge is 0.228 e. The summed E-state index contributed by atoms with van der Waals surface area (Å²) >= 11 is 5.49. The SMILES string of the molecule is O=C1CC(CBr)CN1c1cnc(I)cn1. The van der Waals surface area contributed by atoms with Gasteiger partial charge in [0, 0.05) is 18.3 Å². The minimum Gasteiger partial charge on any atom is -0.295 e. The fourth-order valence-electron chi connectivity index (χ4n) is 1.55. The maximum Gasteiger partial charge on any atom is 0.228 e. The molecule has 0 N–H and O–H groups in total. The van der Waals surface area contributed by atoms with Gasteiger partial charge in [-0.05, 0) is 28.5 Å². The highest BCUT2D eigenvalue weighted by atomic mass is 127. The number of hydrogen-bond donors (Lipinski definition) is 0. The number of carbonyl (C=O) groups is 1. The Hall–Kier alpha value is -0.240. The summed E-state index contributed by atoms with van der Waals surface area (Å²) in [4.78, 5) is 21.7. The van der Waals surface area contributed by atoms with E-state index in [-0.39, 0.29) is 5.91 Å². The van der Waals surface area contributed by atoms with Gasteiger partial charge in [0.25, 0.3) is 0 Å². The molecule has 1 saturated heterocycles. The van der Waals surface area contributed by atoms with Crippen molar-refractivity contribution in [3.05, 3.63) is 16.1 Å². The monoisotopic (exact) mass is 381 g/mol. The lowest BCUT2D eigenvalue weighted by molar-refractivity contribution is -0.117. The van der Waals surface area contributed by atoms with Crippen molar-refractivity contribution >= 4 is 50.2 Å². The molecule has 0 radical (unpaired) electrons. The lowest BCUT2D eigenvalue weighted by Crippen LogP contribution is -2.25. The van der Waals surface area contributed by atoms with Crippen molar-refractivity contribution in [3.8, 4) is 0 Å². The molecular formula is C9H9BrIN3O. The first-order valence-corrected chi connectivity index (χ1v) is 6.74. The van der Waals surface area contributed by atoms with Gasteiger partial charge in [-0.25, -0.2) is 9.97 Å². The number of hydrogen-bond acceptors (Lipinski definition) is 3. The predicted octanol–water partition coefficient (Wildman–Crippen LogP) is 1.83. The molecule has 1 atom stereocenters. The zero-order chi connectivity index (χ0) is 10.8. The minimum atomic E-state index is 0.134. The Bertz CT molecular complexity index is 370. The van der Waals surface area contributed by atoms with Crippen molar-refractivity contribution in [1.82, 2.24) is 9.97 Å². The van der Waals surface area contributed by atoms with E-state index in [1.54, 1.807) is 17.3 Å². The van der Waals surface area contributed by atoms with Gasteiger partial charge in [-0.1, -0.05) is 15.9 Å². The van der Waals surface area contributed by atoms with Crippen LogP contribution in [0.4, 0.5) is 5.82 Å². The van der Waals surface area contributed by atoms with E-state index in [9.17, 15) is 4.79 Å². The van der Waals surface area contributed by atoms with Crippen molar-refractivity contribution in [3.63, 3.8) is 0 Å². The molecule has 1 fully saturated rings. The van der Waals surface area contributed by atoms with Crippen molar-refractivity contribution in [2.45, 2.75) is 6.42 Å². The Morgan fingerprint density at radius 3 is 2.87 bits per heavy atom. The molecule has 1 amide bonds. The van der Waals surface area contributed by atoms with E-state index < -0.39 is 0 Å². The molecule has 1 aromatic heterocycles. The van der Waals surface area contributed by atoms with E-state index in [1.807, 2.05) is 0 Å². The van der Waals surface area contributed by atoms with Crippen LogP contribution >= 0.6 is 38.5 Å². The van der Waals surface area contributed by atoms with Gasteiger partial charge in [-0.3, -0.25) is 9.69 Å². The number of amides is 1. The first-order valence-electron chi connectivity index (χ1n) is 4.54. The third kappa shape index (κ3) is 2.47. The molecule has 0 aliphatic carbocycles. The summed E-state index contributed by atoms with van der Waals surface area (Å²) in [6.45, 7) is 0.735. The van der Waals surface area contributed by atoms with Gasteiger partial charge >= 0.3 is 0 Å². The second-order valence-electron chi connectivity index (χ2n) is 3.43. The van der Waals surface area contributed by atoms with Crippen LogP contribution in [0.1, 0.15) is 6.42 Å². The van der Waals surface area contributed by atoms with Crippen LogP contribution in [0.3, 0.4) is 0 Å². The maximum absolute atomic E-state index is 11.7. The van der Waals surface area contributed by atoms with Gasteiger partial charge in [-0.2, -0.15) is 0 Å². The van der Waals surface area contributed by atoms with Gasteiger partial charge in [0.2, 0.25) is 5.91 Å². The average Bonchev–Trinajstić information content (AvgIpc) is 2.61. The number of halogens is 2. The van der Waals surface area contributed by atoms with E-state index in [1.165, 1.54) is 0 Å². The largest absolute Gasteiger partial charge is 0.295 e. The molecule has 1 unspecified atom stereocenters. The number of nitrogens with zero attached hydrogens (tertiary/aromatic N) is 3. The molecule has 1 aliphatic rings. The summed E-state index contributed by atoms with van der Waals surface area (Å²) in [5.74, 6) is 1.18. The Morgan fingerprint density at radius 1 is 1.53 bits per heavy atom. The molecule has 0 bridgehead atoms. The first-order chi connectivity index (χ1) is 7.20. The average molecular weight is 382 g/mol. The fourth-order valence-corrected chi connectivity index (χ4v) is 2.26. The Balaban J connectivity index is 2.18. The maximum atomic E-state index is 11.7. The van der Waals surface area contributed by atoms with E-state index in [4.69, 9.17) is 0 Å². The molecule has 0 spiro atoms. The van der Waals surface area contributed by atoms with Crippen molar-refractivity contribution < 1.29 is 4.79 Å². The first kappa shape index (κ1) is 11.3. The van der Waals surface area contributed by atoms with Crippen LogP contribution in [0.2, 0.25) is 0 Å². The Kier molecular flexibility index (Phi) is 3.55. The number of rotatable bonds is 2. The highest BCUT2D eigenvalue weighted by Gasteiger charge is 2.30. The number of anilines is 1. The highest BCUT2D eigenvalue weighted by molar-refractivity contribution is 14.1. The summed E-state index contributed by atoms with van der Waals surface area (Å²) in [7, 11) is 0. The molecule has 80 valence electrons. The number of carbonyl (C=O) groups excluding carboxylic acids is 1. The second kappa shape index (κ2) is 4.73. The van der Waals surface area contributed by atoms with E-state index in [0.29, 0.717) is 18.2 Å². The zero-order valence-corrected chi connectivity index (χ0v) is 11.6. The van der Waals surface area contributed by atoms with Crippen molar-refractivity contribution in [2.75, 3.05) is 16.8 Å². The third-order valence-electron chi connectivity index (χ3n) is 2.31. The molecule has 4 nitrogen and oxygen atoms in total. The van der Waals surface area contributed by atoms with Gasteiger partial charge in [0.05, 0.1) is 12.4 Å². The summed E-state index contributed by atoms with van der Waals surface area (Å²) in [6, 6.07) is 0. The van der Waals surface area contributed by atoms with Crippen LogP contribution < -0.4 is 4.90 Å². The second-order valence-corrected chi connectivity index (χ2v) is 5.18. The van der Waals surface area contributed by atoms with Gasteiger partial charge in [-0.15, -0.1) is 0 Å².